The molecule has 0 spiro atoms. The van der Waals surface area contributed by atoms with Crippen LogP contribution >= 0.6 is 11.3 Å². The summed E-state index contributed by atoms with van der Waals surface area (Å²) in [7, 11) is 0. The van der Waals surface area contributed by atoms with Crippen molar-refractivity contribution in [3.05, 3.63) is 22.4 Å². The summed E-state index contributed by atoms with van der Waals surface area (Å²) in [4.78, 5) is 11.5. The second-order valence-corrected chi connectivity index (χ2v) is 5.11. The van der Waals surface area contributed by atoms with Crippen LogP contribution in [0.15, 0.2) is 16.8 Å². The van der Waals surface area contributed by atoms with Gasteiger partial charge in [-0.15, -0.1) is 0 Å². The van der Waals surface area contributed by atoms with Gasteiger partial charge in [0, 0.05) is 12.8 Å². The molecule has 1 nitrogen and oxygen atoms in total. The molecular weight excluding hydrogens is 216 g/mol. The Bertz CT molecular complexity index is 277. The van der Waals surface area contributed by atoms with Crippen molar-refractivity contribution in [3.63, 3.8) is 0 Å². The molecule has 0 radical (unpaired) electrons. The Morgan fingerprint density at radius 1 is 1.19 bits per heavy atom. The van der Waals surface area contributed by atoms with Gasteiger partial charge in [0.25, 0.3) is 0 Å². The summed E-state index contributed by atoms with van der Waals surface area (Å²) >= 11 is 1.73. The maximum absolute atomic E-state index is 11.5. The number of unbranched alkanes of at least 4 members (excludes halogenated alkanes) is 3. The molecule has 16 heavy (non-hydrogen) atoms. The summed E-state index contributed by atoms with van der Waals surface area (Å²) in [5.41, 5.74) is 1.38. The minimum atomic E-state index is 0.450. The van der Waals surface area contributed by atoms with Crippen molar-refractivity contribution in [2.24, 2.45) is 0 Å². The van der Waals surface area contributed by atoms with Gasteiger partial charge in [0.15, 0.2) is 0 Å². The first-order valence-corrected chi connectivity index (χ1v) is 7.30. The predicted octanol–water partition coefficient (Wildman–Crippen LogP) is 4.61. The molecule has 0 aliphatic rings. The van der Waals surface area contributed by atoms with Crippen molar-refractivity contribution < 1.29 is 4.79 Å². The number of hydrogen-bond acceptors (Lipinski definition) is 2. The molecule has 0 saturated carbocycles. The minimum absolute atomic E-state index is 0.450. The van der Waals surface area contributed by atoms with Gasteiger partial charge in [-0.25, -0.2) is 0 Å². The average molecular weight is 238 g/mol. The fourth-order valence-electron chi connectivity index (χ4n) is 1.80. The average Bonchev–Trinajstić information content (AvgIpc) is 2.77. The number of aryl methyl sites for hydroxylation is 1. The fraction of sp³-hybridized carbons (Fsp3) is 0.643. The van der Waals surface area contributed by atoms with Crippen LogP contribution in [-0.2, 0) is 11.2 Å². The molecule has 0 aliphatic carbocycles. The van der Waals surface area contributed by atoms with Crippen LogP contribution in [0.2, 0.25) is 0 Å². The molecule has 0 aromatic carbocycles. The molecule has 1 aromatic heterocycles. The summed E-state index contributed by atoms with van der Waals surface area (Å²) in [5, 5.41) is 4.27. The molecule has 1 aromatic rings. The number of hydrogen-bond donors (Lipinski definition) is 0. The minimum Gasteiger partial charge on any atom is -0.300 e. The lowest BCUT2D eigenvalue weighted by Gasteiger charge is -2.00. The third-order valence-electron chi connectivity index (χ3n) is 2.81. The SMILES string of the molecule is CCCCCCC(=O)CCCc1ccsc1. The van der Waals surface area contributed by atoms with E-state index in [1.54, 1.807) is 11.3 Å². The van der Waals surface area contributed by atoms with E-state index < -0.39 is 0 Å². The monoisotopic (exact) mass is 238 g/mol. The first-order valence-electron chi connectivity index (χ1n) is 6.35. The normalized spacial score (nSPS) is 10.6. The van der Waals surface area contributed by atoms with E-state index in [1.807, 2.05) is 0 Å². The van der Waals surface area contributed by atoms with Gasteiger partial charge in [0.05, 0.1) is 0 Å². The molecule has 0 unspecified atom stereocenters. The lowest BCUT2D eigenvalue weighted by Crippen LogP contribution is -1.98. The molecular formula is C14H22OS. The molecule has 0 amide bonds. The molecule has 0 aliphatic heterocycles. The zero-order valence-electron chi connectivity index (χ0n) is 10.2. The van der Waals surface area contributed by atoms with Crippen LogP contribution in [0.4, 0.5) is 0 Å². The van der Waals surface area contributed by atoms with E-state index in [0.29, 0.717) is 5.78 Å². The Kier molecular flexibility index (Phi) is 7.15. The molecule has 0 bridgehead atoms. The van der Waals surface area contributed by atoms with E-state index in [4.69, 9.17) is 0 Å². The van der Waals surface area contributed by atoms with Gasteiger partial charge in [0.1, 0.15) is 5.78 Å². The van der Waals surface area contributed by atoms with Crippen molar-refractivity contribution in [1.82, 2.24) is 0 Å². The van der Waals surface area contributed by atoms with Crippen LogP contribution in [0.1, 0.15) is 57.4 Å². The van der Waals surface area contributed by atoms with E-state index >= 15 is 0 Å². The van der Waals surface area contributed by atoms with E-state index in [0.717, 1.165) is 32.1 Å². The highest BCUT2D eigenvalue weighted by molar-refractivity contribution is 7.07. The number of rotatable bonds is 9. The topological polar surface area (TPSA) is 17.1 Å². The van der Waals surface area contributed by atoms with Crippen LogP contribution in [0.5, 0.6) is 0 Å². The highest BCUT2D eigenvalue weighted by Crippen LogP contribution is 2.11. The Labute approximate surface area is 103 Å². The standard InChI is InChI=1S/C14H22OS/c1-2-3-4-5-8-14(15)9-6-7-13-10-11-16-12-13/h10-12H,2-9H2,1H3. The van der Waals surface area contributed by atoms with Gasteiger partial charge < -0.3 is 0 Å². The molecule has 90 valence electrons. The van der Waals surface area contributed by atoms with Crippen LogP contribution in [-0.4, -0.2) is 5.78 Å². The summed E-state index contributed by atoms with van der Waals surface area (Å²) in [5.74, 6) is 0.450. The Hall–Kier alpha value is -0.630. The second-order valence-electron chi connectivity index (χ2n) is 4.33. The van der Waals surface area contributed by atoms with Crippen molar-refractivity contribution in [2.45, 2.75) is 58.3 Å². The number of ketones is 1. The van der Waals surface area contributed by atoms with E-state index in [9.17, 15) is 4.79 Å². The summed E-state index contributed by atoms with van der Waals surface area (Å²) in [6, 6.07) is 2.15. The molecule has 0 atom stereocenters. The molecule has 0 saturated heterocycles. The highest BCUT2D eigenvalue weighted by atomic mass is 32.1. The van der Waals surface area contributed by atoms with Crippen LogP contribution < -0.4 is 0 Å². The van der Waals surface area contributed by atoms with Gasteiger partial charge in [-0.3, -0.25) is 4.79 Å². The second kappa shape index (κ2) is 8.51. The van der Waals surface area contributed by atoms with Gasteiger partial charge in [-0.2, -0.15) is 11.3 Å². The van der Waals surface area contributed by atoms with Crippen LogP contribution in [0.25, 0.3) is 0 Å². The van der Waals surface area contributed by atoms with Gasteiger partial charge in [0.2, 0.25) is 0 Å². The Morgan fingerprint density at radius 3 is 2.69 bits per heavy atom. The van der Waals surface area contributed by atoms with E-state index in [-0.39, 0.29) is 0 Å². The largest absolute Gasteiger partial charge is 0.300 e. The summed E-state index contributed by atoms with van der Waals surface area (Å²) in [6.45, 7) is 2.20. The molecule has 1 heterocycles. The predicted molar refractivity (Wildman–Crippen MR) is 71.0 cm³/mol. The third kappa shape index (κ3) is 6.06. The third-order valence-corrected chi connectivity index (χ3v) is 3.54. The molecule has 0 N–H and O–H groups in total. The van der Waals surface area contributed by atoms with Gasteiger partial charge in [-0.1, -0.05) is 26.2 Å². The summed E-state index contributed by atoms with van der Waals surface area (Å²) < 4.78 is 0. The zero-order valence-corrected chi connectivity index (χ0v) is 11.0. The molecule has 2 heteroatoms. The fourth-order valence-corrected chi connectivity index (χ4v) is 2.50. The Morgan fingerprint density at radius 2 is 2.00 bits per heavy atom. The molecule has 1 rings (SSSR count). The van der Waals surface area contributed by atoms with Crippen molar-refractivity contribution in [3.8, 4) is 0 Å². The number of thiophene rings is 1. The van der Waals surface area contributed by atoms with Crippen LogP contribution in [0.3, 0.4) is 0 Å². The zero-order chi connectivity index (χ0) is 11.6. The smallest absolute Gasteiger partial charge is 0.132 e. The van der Waals surface area contributed by atoms with Crippen molar-refractivity contribution in [2.75, 3.05) is 0 Å². The quantitative estimate of drug-likeness (QED) is 0.574. The number of carbonyl (C=O) groups is 1. The lowest BCUT2D eigenvalue weighted by atomic mass is 10.0. The van der Waals surface area contributed by atoms with Crippen molar-refractivity contribution >= 4 is 17.1 Å². The molecule has 0 fully saturated rings. The first-order chi connectivity index (χ1) is 7.83. The van der Waals surface area contributed by atoms with Gasteiger partial charge >= 0.3 is 0 Å². The van der Waals surface area contributed by atoms with Gasteiger partial charge in [-0.05, 0) is 41.7 Å². The maximum atomic E-state index is 11.5. The van der Waals surface area contributed by atoms with E-state index in [2.05, 4.69) is 23.8 Å². The number of Topliss-reactive ketones (excluding diaryl/α,β-unsaturated/α-hetero) is 1. The van der Waals surface area contributed by atoms with Crippen LogP contribution in [0, 0.1) is 0 Å². The first kappa shape index (κ1) is 13.4. The summed E-state index contributed by atoms with van der Waals surface area (Å²) in [6.07, 6.45) is 8.45. The number of carbonyl (C=O) groups excluding carboxylic acids is 1. The Balaban J connectivity index is 1.98. The lowest BCUT2D eigenvalue weighted by molar-refractivity contribution is -0.119. The van der Waals surface area contributed by atoms with E-state index in [1.165, 1.54) is 24.8 Å². The van der Waals surface area contributed by atoms with Crippen molar-refractivity contribution in [1.29, 1.82) is 0 Å². The highest BCUT2D eigenvalue weighted by Gasteiger charge is 2.02. The maximum Gasteiger partial charge on any atom is 0.132 e.